The lowest BCUT2D eigenvalue weighted by Gasteiger charge is -2.07. The summed E-state index contributed by atoms with van der Waals surface area (Å²) in [5.41, 5.74) is 3.03. The van der Waals surface area contributed by atoms with Gasteiger partial charge in [0.2, 0.25) is 0 Å². The molecule has 1 aliphatic rings. The molecule has 1 aliphatic heterocycles. The fourth-order valence-electron chi connectivity index (χ4n) is 1.54. The molecule has 16 heavy (non-hydrogen) atoms. The van der Waals surface area contributed by atoms with Gasteiger partial charge in [-0.25, -0.2) is 0 Å². The molecule has 2 rings (SSSR count). The van der Waals surface area contributed by atoms with Gasteiger partial charge in [0.1, 0.15) is 16.4 Å². The van der Waals surface area contributed by atoms with E-state index in [-0.39, 0.29) is 5.75 Å². The summed E-state index contributed by atoms with van der Waals surface area (Å²) >= 11 is 0.360. The molecule has 0 aliphatic carbocycles. The number of hydrogen-bond donors (Lipinski definition) is 1. The van der Waals surface area contributed by atoms with Gasteiger partial charge in [0, 0.05) is 11.8 Å². The van der Waals surface area contributed by atoms with Crippen molar-refractivity contribution in [2.45, 2.75) is 16.8 Å². The molecule has 0 saturated heterocycles. The van der Waals surface area contributed by atoms with E-state index in [1.54, 1.807) is 12.1 Å². The average molecular weight is 247 g/mol. The summed E-state index contributed by atoms with van der Waals surface area (Å²) in [4.78, 5) is 0.341. The van der Waals surface area contributed by atoms with E-state index in [0.29, 0.717) is 35.4 Å². The number of ether oxygens (including phenoxy) is 2. The predicted molar refractivity (Wildman–Crippen MR) is 57.2 cm³/mol. The zero-order chi connectivity index (χ0) is 11.8. The Morgan fingerprint density at radius 3 is 2.88 bits per heavy atom. The Hall–Kier alpha value is -1.01. The molecule has 0 fully saturated rings. The molecule has 0 radical (unpaired) electrons. The minimum atomic E-state index is -3.21. The van der Waals surface area contributed by atoms with Crippen LogP contribution in [0.4, 0.5) is 8.78 Å². The second-order valence-electron chi connectivity index (χ2n) is 3.33. The SMILES string of the molecule is COc1cc(CCN)cc2c1SC(F)(F)O2. The van der Waals surface area contributed by atoms with Gasteiger partial charge in [-0.15, -0.1) is 0 Å². The van der Waals surface area contributed by atoms with Crippen LogP contribution < -0.4 is 15.2 Å². The maximum absolute atomic E-state index is 13.0. The Bertz CT molecular complexity index is 412. The van der Waals surface area contributed by atoms with Crippen molar-refractivity contribution in [1.82, 2.24) is 0 Å². The number of fused-ring (bicyclic) bond motifs is 1. The molecule has 0 atom stereocenters. The van der Waals surface area contributed by atoms with E-state index >= 15 is 0 Å². The van der Waals surface area contributed by atoms with Crippen LogP contribution in [0.1, 0.15) is 5.56 Å². The van der Waals surface area contributed by atoms with Crippen molar-refractivity contribution in [2.75, 3.05) is 13.7 Å². The Morgan fingerprint density at radius 2 is 2.25 bits per heavy atom. The van der Waals surface area contributed by atoms with Crippen molar-refractivity contribution in [1.29, 1.82) is 0 Å². The molecule has 0 spiro atoms. The van der Waals surface area contributed by atoms with Gasteiger partial charge in [0.25, 0.3) is 0 Å². The van der Waals surface area contributed by atoms with Gasteiger partial charge in [-0.1, -0.05) is 0 Å². The summed E-state index contributed by atoms with van der Waals surface area (Å²) in [6, 6.07) is 3.29. The van der Waals surface area contributed by atoms with Crippen LogP contribution in [-0.4, -0.2) is 19.1 Å². The van der Waals surface area contributed by atoms with Crippen molar-refractivity contribution in [3.63, 3.8) is 0 Å². The topological polar surface area (TPSA) is 44.5 Å². The normalized spacial score (nSPS) is 16.8. The monoisotopic (exact) mass is 247 g/mol. The quantitative estimate of drug-likeness (QED) is 0.889. The van der Waals surface area contributed by atoms with Gasteiger partial charge in [-0.3, -0.25) is 0 Å². The molecule has 1 aromatic rings. The van der Waals surface area contributed by atoms with E-state index in [1.165, 1.54) is 7.11 Å². The number of hydrogen-bond acceptors (Lipinski definition) is 4. The Morgan fingerprint density at radius 1 is 1.50 bits per heavy atom. The fourth-order valence-corrected chi connectivity index (χ4v) is 2.35. The van der Waals surface area contributed by atoms with Gasteiger partial charge in [0.15, 0.2) is 0 Å². The molecule has 2 N–H and O–H groups in total. The van der Waals surface area contributed by atoms with Gasteiger partial charge in [-0.2, -0.15) is 8.78 Å². The predicted octanol–water partition coefficient (Wildman–Crippen LogP) is 2.23. The molecule has 3 nitrogen and oxygen atoms in total. The Balaban J connectivity index is 2.41. The van der Waals surface area contributed by atoms with Crippen LogP contribution in [-0.2, 0) is 6.42 Å². The summed E-state index contributed by atoms with van der Waals surface area (Å²) in [7, 11) is 1.44. The maximum atomic E-state index is 13.0. The van der Waals surface area contributed by atoms with Gasteiger partial charge in [-0.05, 0) is 30.7 Å². The molecular weight excluding hydrogens is 236 g/mol. The first-order valence-corrected chi connectivity index (χ1v) is 5.54. The fraction of sp³-hybridized carbons (Fsp3) is 0.400. The van der Waals surface area contributed by atoms with Gasteiger partial charge >= 0.3 is 5.44 Å². The molecule has 0 saturated carbocycles. The summed E-state index contributed by atoms with van der Waals surface area (Å²) in [6.07, 6.45) is 0.600. The van der Waals surface area contributed by atoms with Crippen LogP contribution in [0.5, 0.6) is 11.5 Å². The highest BCUT2D eigenvalue weighted by Crippen LogP contribution is 2.53. The zero-order valence-corrected chi connectivity index (χ0v) is 9.44. The Labute approximate surface area is 95.9 Å². The minimum absolute atomic E-state index is 0.165. The van der Waals surface area contributed by atoms with Gasteiger partial charge in [0.05, 0.1) is 7.11 Å². The lowest BCUT2D eigenvalue weighted by molar-refractivity contribution is -0.0822. The number of alkyl halides is 2. The first kappa shape index (κ1) is 11.5. The van der Waals surface area contributed by atoms with Gasteiger partial charge < -0.3 is 15.2 Å². The van der Waals surface area contributed by atoms with E-state index in [2.05, 4.69) is 4.74 Å². The first-order valence-electron chi connectivity index (χ1n) is 4.72. The highest BCUT2D eigenvalue weighted by Gasteiger charge is 2.43. The lowest BCUT2D eigenvalue weighted by atomic mass is 10.1. The third-order valence-electron chi connectivity index (χ3n) is 2.18. The lowest BCUT2D eigenvalue weighted by Crippen LogP contribution is -2.13. The second kappa shape index (κ2) is 4.10. The van der Waals surface area contributed by atoms with E-state index in [0.717, 1.165) is 5.56 Å². The molecule has 88 valence electrons. The Kier molecular flexibility index (Phi) is 2.94. The smallest absolute Gasteiger partial charge is 0.457 e. The second-order valence-corrected chi connectivity index (χ2v) is 4.42. The van der Waals surface area contributed by atoms with E-state index in [4.69, 9.17) is 10.5 Å². The van der Waals surface area contributed by atoms with E-state index in [1.807, 2.05) is 0 Å². The molecule has 0 amide bonds. The average Bonchev–Trinajstić information content (AvgIpc) is 2.51. The first-order chi connectivity index (χ1) is 7.55. The number of halogens is 2. The number of rotatable bonds is 3. The number of thioether (sulfide) groups is 1. The van der Waals surface area contributed by atoms with Crippen molar-refractivity contribution >= 4 is 11.8 Å². The molecule has 1 heterocycles. The molecular formula is C10H11F2NO2S. The molecule has 1 aromatic carbocycles. The third kappa shape index (κ3) is 2.08. The van der Waals surface area contributed by atoms with Crippen LogP contribution in [0, 0.1) is 0 Å². The number of benzene rings is 1. The highest BCUT2D eigenvalue weighted by molar-refractivity contribution is 8.00. The van der Waals surface area contributed by atoms with Crippen LogP contribution in [0.3, 0.4) is 0 Å². The number of nitrogens with two attached hydrogens (primary N) is 1. The molecule has 0 aromatic heterocycles. The number of methoxy groups -OCH3 is 1. The van der Waals surface area contributed by atoms with Crippen LogP contribution >= 0.6 is 11.8 Å². The van der Waals surface area contributed by atoms with Crippen molar-refractivity contribution in [3.05, 3.63) is 17.7 Å². The largest absolute Gasteiger partial charge is 0.495 e. The molecule has 0 bridgehead atoms. The van der Waals surface area contributed by atoms with Crippen molar-refractivity contribution in [2.24, 2.45) is 5.73 Å². The van der Waals surface area contributed by atoms with E-state index < -0.39 is 5.44 Å². The summed E-state index contributed by atoms with van der Waals surface area (Å²) in [6.45, 7) is 0.450. The van der Waals surface area contributed by atoms with Crippen LogP contribution in [0.15, 0.2) is 17.0 Å². The zero-order valence-electron chi connectivity index (χ0n) is 8.63. The highest BCUT2D eigenvalue weighted by atomic mass is 32.2. The van der Waals surface area contributed by atoms with Crippen molar-refractivity contribution < 1.29 is 18.3 Å². The minimum Gasteiger partial charge on any atom is -0.495 e. The molecule has 0 unspecified atom stereocenters. The van der Waals surface area contributed by atoms with Crippen molar-refractivity contribution in [3.8, 4) is 11.5 Å². The summed E-state index contributed by atoms with van der Waals surface area (Å²) in [5.74, 6) is 0.570. The summed E-state index contributed by atoms with van der Waals surface area (Å²) < 4.78 is 35.7. The van der Waals surface area contributed by atoms with Crippen LogP contribution in [0.2, 0.25) is 0 Å². The summed E-state index contributed by atoms with van der Waals surface area (Å²) in [5, 5.41) is 0. The standard InChI is InChI=1S/C10H11F2NO2S/c1-14-7-4-6(2-3-13)5-8-9(7)16-10(11,12)15-8/h4-5H,2-3,13H2,1H3. The molecule has 6 heteroatoms. The third-order valence-corrected chi connectivity index (χ3v) is 3.11. The maximum Gasteiger partial charge on any atom is 0.457 e. The van der Waals surface area contributed by atoms with Crippen LogP contribution in [0.25, 0.3) is 0 Å². The van der Waals surface area contributed by atoms with E-state index in [9.17, 15) is 8.78 Å².